The topological polar surface area (TPSA) is 73.1 Å². The van der Waals surface area contributed by atoms with Crippen molar-refractivity contribution in [1.29, 1.82) is 0 Å². The predicted octanol–water partition coefficient (Wildman–Crippen LogP) is 3.96. The number of carbonyl (C=O) groups is 2. The van der Waals surface area contributed by atoms with Crippen molar-refractivity contribution in [3.8, 4) is 0 Å². The number of aromatic nitrogens is 2. The average molecular weight is 448 g/mol. The van der Waals surface area contributed by atoms with Crippen LogP contribution >= 0.6 is 11.3 Å². The molecule has 1 amide bonds. The maximum Gasteiger partial charge on any atom is 0.354 e. The Bertz CT molecular complexity index is 1050. The summed E-state index contributed by atoms with van der Waals surface area (Å²) in [4.78, 5) is 32.9. The highest BCUT2D eigenvalue weighted by atomic mass is 32.1. The maximum atomic E-state index is 12.3. The van der Waals surface area contributed by atoms with Gasteiger partial charge in [0, 0.05) is 23.6 Å². The van der Waals surface area contributed by atoms with Crippen LogP contribution in [0.15, 0.2) is 11.3 Å². The minimum Gasteiger partial charge on any atom is -0.464 e. The van der Waals surface area contributed by atoms with E-state index in [2.05, 4.69) is 44.0 Å². The quantitative estimate of drug-likeness (QED) is 0.524. The molecule has 7 nitrogen and oxygen atoms in total. The monoisotopic (exact) mass is 447 g/mol. The summed E-state index contributed by atoms with van der Waals surface area (Å²) in [6.45, 7) is 14.4. The zero-order valence-electron chi connectivity index (χ0n) is 19.9. The molecule has 8 heteroatoms. The molecule has 0 spiro atoms. The van der Waals surface area contributed by atoms with Gasteiger partial charge >= 0.3 is 5.97 Å². The van der Waals surface area contributed by atoms with E-state index >= 15 is 0 Å². The lowest BCUT2D eigenvalue weighted by molar-refractivity contribution is -0.165. The highest BCUT2D eigenvalue weighted by Crippen LogP contribution is 2.48. The third-order valence-corrected chi connectivity index (χ3v) is 7.97. The van der Waals surface area contributed by atoms with Gasteiger partial charge in [0.05, 0.1) is 30.9 Å². The predicted molar refractivity (Wildman–Crippen MR) is 121 cm³/mol. The highest BCUT2D eigenvalue weighted by Gasteiger charge is 2.59. The molecule has 2 aliphatic rings. The van der Waals surface area contributed by atoms with Gasteiger partial charge in [-0.2, -0.15) is 0 Å². The van der Waals surface area contributed by atoms with Crippen molar-refractivity contribution >= 4 is 28.0 Å². The van der Waals surface area contributed by atoms with Gasteiger partial charge in [-0.05, 0) is 46.6 Å². The van der Waals surface area contributed by atoms with E-state index < -0.39 is 5.97 Å². The Kier molecular flexibility index (Phi) is 6.62. The zero-order chi connectivity index (χ0) is 23.2. The number of hydrogen-bond acceptors (Lipinski definition) is 6. The zero-order valence-corrected chi connectivity index (χ0v) is 20.7. The van der Waals surface area contributed by atoms with Crippen LogP contribution in [-0.2, 0) is 19.1 Å². The first-order valence-corrected chi connectivity index (χ1v) is 11.5. The van der Waals surface area contributed by atoms with Gasteiger partial charge in [0.15, 0.2) is 0 Å². The Morgan fingerprint density at radius 3 is 2.39 bits per heavy atom. The van der Waals surface area contributed by atoms with E-state index in [1.165, 1.54) is 22.5 Å². The molecule has 0 saturated carbocycles. The van der Waals surface area contributed by atoms with Crippen LogP contribution in [0.5, 0.6) is 0 Å². The number of β-lactam (4-membered cyclic amide) rings is 1. The van der Waals surface area contributed by atoms with Crippen molar-refractivity contribution < 1.29 is 19.1 Å². The molecule has 4 rings (SSSR count). The molecule has 4 heterocycles. The number of ether oxygens (including phenoxy) is 2. The molecule has 1 fully saturated rings. The summed E-state index contributed by atoms with van der Waals surface area (Å²) >= 11 is 1.83. The molecular formula is C23H33N3O4S. The number of fused-ring (bicyclic) bond motifs is 2. The van der Waals surface area contributed by atoms with Gasteiger partial charge in [-0.3, -0.25) is 9.20 Å². The molecule has 0 N–H and O–H groups in total. The van der Waals surface area contributed by atoms with Gasteiger partial charge in [-0.15, -0.1) is 11.3 Å². The van der Waals surface area contributed by atoms with E-state index in [0.29, 0.717) is 5.70 Å². The standard InChI is InChI=1S/C14H21NO4.C9H12N2S/c1-6-9-7(2)11-10(8(3)18-4)13(16)15(11)12(9)14(17)19-5;1-5-9-11(8(4)10-5)6(2)7(3)12-9/h7-8,10-11H,6H2,1-5H3;1-4H3/t7-,8?,10?,11?;/m0./s1. The number of esters is 1. The van der Waals surface area contributed by atoms with Gasteiger partial charge in [0.2, 0.25) is 5.91 Å². The minimum absolute atomic E-state index is 0.0324. The second-order valence-electron chi connectivity index (χ2n) is 8.30. The van der Waals surface area contributed by atoms with Crippen molar-refractivity contribution in [3.05, 3.63) is 33.4 Å². The Morgan fingerprint density at radius 2 is 1.87 bits per heavy atom. The van der Waals surface area contributed by atoms with E-state index in [4.69, 9.17) is 9.47 Å². The second-order valence-corrected chi connectivity index (χ2v) is 9.50. The van der Waals surface area contributed by atoms with Crippen LogP contribution in [0.3, 0.4) is 0 Å². The normalized spacial score (nSPS) is 23.5. The first kappa shape index (κ1) is 23.5. The summed E-state index contributed by atoms with van der Waals surface area (Å²) in [6.07, 6.45) is 0.617. The smallest absolute Gasteiger partial charge is 0.354 e. The number of rotatable bonds is 4. The number of aryl methyl sites for hydroxylation is 4. The SMILES string of the molecule is CCC1=C(C(=O)OC)N2C(=O)C(C(C)OC)C2[C@H]1C.Cc1sc2c(C)nc(C)n2c1C. The number of methoxy groups -OCH3 is 2. The molecule has 2 aromatic rings. The second kappa shape index (κ2) is 8.74. The van der Waals surface area contributed by atoms with Crippen LogP contribution in [0.1, 0.15) is 49.3 Å². The number of carbonyl (C=O) groups excluding carboxylic acids is 2. The largest absolute Gasteiger partial charge is 0.464 e. The van der Waals surface area contributed by atoms with E-state index in [1.54, 1.807) is 12.0 Å². The number of hydrogen-bond donors (Lipinski definition) is 0. The van der Waals surface area contributed by atoms with Crippen molar-refractivity contribution in [3.63, 3.8) is 0 Å². The van der Waals surface area contributed by atoms with Crippen molar-refractivity contribution in [2.75, 3.05) is 14.2 Å². The van der Waals surface area contributed by atoms with Crippen molar-refractivity contribution in [2.24, 2.45) is 11.8 Å². The summed E-state index contributed by atoms with van der Waals surface area (Å²) in [5.41, 5.74) is 3.94. The van der Waals surface area contributed by atoms with Crippen LogP contribution < -0.4 is 0 Å². The Hall–Kier alpha value is -2.19. The molecule has 4 atom stereocenters. The number of amides is 1. The average Bonchev–Trinajstić information content (AvgIpc) is 3.29. The fraction of sp³-hybridized carbons (Fsp3) is 0.609. The van der Waals surface area contributed by atoms with E-state index in [0.717, 1.165) is 23.5 Å². The lowest BCUT2D eigenvalue weighted by atomic mass is 9.77. The molecule has 1 saturated heterocycles. The molecule has 3 unspecified atom stereocenters. The molecular weight excluding hydrogens is 414 g/mol. The molecule has 170 valence electrons. The van der Waals surface area contributed by atoms with Crippen molar-refractivity contribution in [1.82, 2.24) is 14.3 Å². The van der Waals surface area contributed by atoms with Gasteiger partial charge < -0.3 is 14.4 Å². The molecule has 2 aliphatic heterocycles. The molecule has 2 aromatic heterocycles. The maximum absolute atomic E-state index is 12.3. The molecule has 31 heavy (non-hydrogen) atoms. The van der Waals surface area contributed by atoms with Crippen LogP contribution in [0.2, 0.25) is 0 Å². The summed E-state index contributed by atoms with van der Waals surface area (Å²) in [5.74, 6) is 0.672. The summed E-state index contributed by atoms with van der Waals surface area (Å²) in [5, 5.41) is 0. The third-order valence-electron chi connectivity index (χ3n) is 6.69. The lowest BCUT2D eigenvalue weighted by Crippen LogP contribution is -2.63. The first-order chi connectivity index (χ1) is 14.6. The van der Waals surface area contributed by atoms with Crippen LogP contribution in [0.4, 0.5) is 0 Å². The third kappa shape index (κ3) is 3.59. The summed E-state index contributed by atoms with van der Waals surface area (Å²) in [6, 6.07) is 0.0338. The lowest BCUT2D eigenvalue weighted by Gasteiger charge is -2.47. The van der Waals surface area contributed by atoms with Gasteiger partial charge in [-0.1, -0.05) is 13.8 Å². The van der Waals surface area contributed by atoms with Crippen LogP contribution in [0, 0.1) is 39.5 Å². The number of nitrogens with zero attached hydrogens (tertiary/aromatic N) is 3. The van der Waals surface area contributed by atoms with E-state index in [9.17, 15) is 9.59 Å². The Balaban J connectivity index is 0.000000194. The summed E-state index contributed by atoms with van der Waals surface area (Å²) < 4.78 is 12.3. The number of imidazole rings is 1. The Morgan fingerprint density at radius 1 is 1.23 bits per heavy atom. The van der Waals surface area contributed by atoms with Gasteiger partial charge in [0.1, 0.15) is 16.4 Å². The van der Waals surface area contributed by atoms with E-state index in [1.807, 2.05) is 25.2 Å². The van der Waals surface area contributed by atoms with Crippen LogP contribution in [-0.4, -0.2) is 52.5 Å². The van der Waals surface area contributed by atoms with Crippen molar-refractivity contribution in [2.45, 2.75) is 67.0 Å². The fourth-order valence-corrected chi connectivity index (χ4v) is 5.97. The van der Waals surface area contributed by atoms with Gasteiger partial charge in [0.25, 0.3) is 0 Å². The van der Waals surface area contributed by atoms with E-state index in [-0.39, 0.29) is 29.9 Å². The number of thiazole rings is 1. The fourth-order valence-electron chi connectivity index (χ4n) is 4.88. The molecule has 0 aromatic carbocycles. The minimum atomic E-state index is -0.414. The Labute approximate surface area is 188 Å². The summed E-state index contributed by atoms with van der Waals surface area (Å²) in [7, 11) is 2.95. The highest BCUT2D eigenvalue weighted by molar-refractivity contribution is 7.17. The van der Waals surface area contributed by atoms with Gasteiger partial charge in [-0.25, -0.2) is 9.78 Å². The molecule has 0 radical (unpaired) electrons. The first-order valence-electron chi connectivity index (χ1n) is 10.7. The van der Waals surface area contributed by atoms with Crippen LogP contribution in [0.25, 0.3) is 4.83 Å². The molecule has 0 bridgehead atoms. The molecule has 0 aliphatic carbocycles.